The first kappa shape index (κ1) is 17.9. The predicted octanol–water partition coefficient (Wildman–Crippen LogP) is 4.05. The number of benzene rings is 2. The van der Waals surface area contributed by atoms with Crippen LogP contribution in [0.25, 0.3) is 0 Å². The number of methoxy groups -OCH3 is 1. The van der Waals surface area contributed by atoms with Crippen molar-refractivity contribution in [2.75, 3.05) is 11.4 Å². The van der Waals surface area contributed by atoms with E-state index in [1.807, 2.05) is 31.2 Å². The smallest absolute Gasteiger partial charge is 0.264 e. The quantitative estimate of drug-likeness (QED) is 0.659. The van der Waals surface area contributed by atoms with Gasteiger partial charge in [0.25, 0.3) is 10.0 Å². The summed E-state index contributed by atoms with van der Waals surface area (Å²) in [5.74, 6) is 0.607. The summed E-state index contributed by atoms with van der Waals surface area (Å²) in [6.07, 6.45) is 3.35. The Morgan fingerprint density at radius 1 is 0.962 bits per heavy atom. The van der Waals surface area contributed by atoms with Gasteiger partial charge in [-0.25, -0.2) is 8.42 Å². The molecule has 0 N–H and O–H groups in total. The zero-order valence-electron chi connectivity index (χ0n) is 14.6. The molecule has 2 aromatic carbocycles. The monoisotopic (exact) mass is 368 g/mol. The fourth-order valence-electron chi connectivity index (χ4n) is 2.77. The number of pyridine rings is 1. The summed E-state index contributed by atoms with van der Waals surface area (Å²) in [7, 11) is -2.23. The van der Waals surface area contributed by atoms with E-state index in [-0.39, 0.29) is 4.90 Å². The predicted molar refractivity (Wildman–Crippen MR) is 102 cm³/mol. The van der Waals surface area contributed by atoms with Crippen molar-refractivity contribution in [1.82, 2.24) is 4.98 Å². The van der Waals surface area contributed by atoms with E-state index in [9.17, 15) is 8.42 Å². The zero-order chi connectivity index (χ0) is 18.6. The highest BCUT2D eigenvalue weighted by Gasteiger charge is 2.30. The molecule has 0 amide bonds. The van der Waals surface area contributed by atoms with Crippen LogP contribution in [-0.2, 0) is 10.0 Å². The lowest BCUT2D eigenvalue weighted by molar-refractivity contribution is 0.414. The largest absolute Gasteiger partial charge is 0.497 e. The molecule has 6 heteroatoms. The van der Waals surface area contributed by atoms with Gasteiger partial charge in [-0.15, -0.1) is 0 Å². The minimum absolute atomic E-state index is 0.206. The van der Waals surface area contributed by atoms with Crippen molar-refractivity contribution in [2.24, 2.45) is 0 Å². The van der Waals surface area contributed by atoms with Crippen LogP contribution < -0.4 is 9.04 Å². The van der Waals surface area contributed by atoms with Gasteiger partial charge < -0.3 is 4.74 Å². The molecule has 26 heavy (non-hydrogen) atoms. The van der Waals surface area contributed by atoms with E-state index in [2.05, 4.69) is 4.98 Å². The molecule has 0 bridgehead atoms. The molecule has 5 nitrogen and oxygen atoms in total. The molecule has 0 saturated carbocycles. The molecule has 0 aliphatic rings. The summed E-state index contributed by atoms with van der Waals surface area (Å²) in [6, 6.07) is 18.7. The molecular formula is C20H20N2O3S. The average Bonchev–Trinajstić information content (AvgIpc) is 2.69. The fraction of sp³-hybridized carbons (Fsp3) is 0.150. The van der Waals surface area contributed by atoms with Gasteiger partial charge in [0.05, 0.1) is 23.7 Å². The fourth-order valence-corrected chi connectivity index (χ4v) is 4.41. The van der Waals surface area contributed by atoms with Crippen LogP contribution in [0.3, 0.4) is 0 Å². The van der Waals surface area contributed by atoms with Gasteiger partial charge in [0.15, 0.2) is 0 Å². The Morgan fingerprint density at radius 2 is 1.65 bits per heavy atom. The molecule has 0 radical (unpaired) electrons. The summed E-state index contributed by atoms with van der Waals surface area (Å²) >= 11 is 0. The zero-order valence-corrected chi connectivity index (χ0v) is 15.4. The van der Waals surface area contributed by atoms with E-state index in [0.29, 0.717) is 11.4 Å². The summed E-state index contributed by atoms with van der Waals surface area (Å²) in [5, 5.41) is 0. The normalized spacial score (nSPS) is 12.4. The lowest BCUT2D eigenvalue weighted by Gasteiger charge is -2.30. The Hall–Kier alpha value is -2.86. The van der Waals surface area contributed by atoms with Crippen LogP contribution in [0.2, 0.25) is 0 Å². The van der Waals surface area contributed by atoms with Crippen LogP contribution in [-0.4, -0.2) is 20.5 Å². The number of sulfonamides is 1. The summed E-state index contributed by atoms with van der Waals surface area (Å²) < 4.78 is 33.4. The van der Waals surface area contributed by atoms with Crippen LogP contribution in [0, 0.1) is 0 Å². The number of rotatable bonds is 6. The molecule has 1 unspecified atom stereocenters. The SMILES string of the molecule is COc1ccc(S(=O)(=O)N(c2ccccc2)C(C)c2cccnc2)cc1. The summed E-state index contributed by atoms with van der Waals surface area (Å²) in [6.45, 7) is 1.85. The van der Waals surface area contributed by atoms with Crippen molar-refractivity contribution in [1.29, 1.82) is 0 Å². The second-order valence-corrected chi connectivity index (χ2v) is 7.59. The molecule has 0 saturated heterocycles. The molecule has 0 aliphatic carbocycles. The first-order valence-electron chi connectivity index (χ1n) is 8.17. The minimum atomic E-state index is -3.78. The Balaban J connectivity index is 2.10. The molecule has 0 aliphatic heterocycles. The number of nitrogens with zero attached hydrogens (tertiary/aromatic N) is 2. The molecule has 3 rings (SSSR count). The average molecular weight is 368 g/mol. The molecule has 1 atom stereocenters. The van der Waals surface area contributed by atoms with Crippen LogP contribution in [0.4, 0.5) is 5.69 Å². The Morgan fingerprint density at radius 3 is 2.23 bits per heavy atom. The third-order valence-electron chi connectivity index (χ3n) is 4.15. The lowest BCUT2D eigenvalue weighted by Crippen LogP contribution is -2.33. The van der Waals surface area contributed by atoms with Gasteiger partial charge >= 0.3 is 0 Å². The lowest BCUT2D eigenvalue weighted by atomic mass is 10.1. The van der Waals surface area contributed by atoms with Crippen molar-refractivity contribution in [3.8, 4) is 5.75 Å². The van der Waals surface area contributed by atoms with Crippen molar-refractivity contribution in [2.45, 2.75) is 17.9 Å². The molecule has 3 aromatic rings. The summed E-state index contributed by atoms with van der Waals surface area (Å²) in [4.78, 5) is 4.33. The van der Waals surface area contributed by atoms with Crippen molar-refractivity contribution in [3.63, 3.8) is 0 Å². The van der Waals surface area contributed by atoms with Gasteiger partial charge in [-0.1, -0.05) is 24.3 Å². The maximum atomic E-state index is 13.4. The van der Waals surface area contributed by atoms with Gasteiger partial charge in [0.2, 0.25) is 0 Å². The van der Waals surface area contributed by atoms with Crippen molar-refractivity contribution in [3.05, 3.63) is 84.7 Å². The highest BCUT2D eigenvalue weighted by Crippen LogP contribution is 2.33. The molecule has 134 valence electrons. The maximum Gasteiger partial charge on any atom is 0.264 e. The molecule has 0 fully saturated rings. The first-order chi connectivity index (χ1) is 12.5. The van der Waals surface area contributed by atoms with E-state index in [1.165, 1.54) is 4.31 Å². The van der Waals surface area contributed by atoms with E-state index in [1.54, 1.807) is 62.0 Å². The van der Waals surface area contributed by atoms with Crippen LogP contribution in [0.15, 0.2) is 84.0 Å². The third kappa shape index (κ3) is 3.55. The van der Waals surface area contributed by atoms with Gasteiger partial charge in [-0.2, -0.15) is 0 Å². The summed E-state index contributed by atoms with van der Waals surface area (Å²) in [5.41, 5.74) is 1.41. The number of hydrogen-bond acceptors (Lipinski definition) is 4. The second kappa shape index (κ2) is 7.58. The number of aromatic nitrogens is 1. The molecule has 1 heterocycles. The van der Waals surface area contributed by atoms with E-state index >= 15 is 0 Å². The Labute approximate surface area is 153 Å². The molecular weight excluding hydrogens is 348 g/mol. The second-order valence-electron chi connectivity index (χ2n) is 5.77. The van der Waals surface area contributed by atoms with E-state index in [0.717, 1.165) is 5.56 Å². The minimum Gasteiger partial charge on any atom is -0.497 e. The maximum absolute atomic E-state index is 13.4. The van der Waals surface area contributed by atoms with Gasteiger partial charge in [-0.3, -0.25) is 9.29 Å². The number of ether oxygens (including phenoxy) is 1. The van der Waals surface area contributed by atoms with Crippen molar-refractivity contribution >= 4 is 15.7 Å². The number of anilines is 1. The highest BCUT2D eigenvalue weighted by atomic mass is 32.2. The number of para-hydroxylation sites is 1. The Bertz CT molecular complexity index is 943. The molecule has 1 aromatic heterocycles. The number of hydrogen-bond donors (Lipinski definition) is 0. The Kier molecular flexibility index (Phi) is 5.23. The van der Waals surface area contributed by atoms with Crippen LogP contribution in [0.5, 0.6) is 5.75 Å². The van der Waals surface area contributed by atoms with Gasteiger partial charge in [0.1, 0.15) is 5.75 Å². The van der Waals surface area contributed by atoms with Gasteiger partial charge in [0, 0.05) is 12.4 Å². The van der Waals surface area contributed by atoms with Crippen molar-refractivity contribution < 1.29 is 13.2 Å². The van der Waals surface area contributed by atoms with Crippen LogP contribution in [0.1, 0.15) is 18.5 Å². The molecule has 0 spiro atoms. The third-order valence-corrected chi connectivity index (χ3v) is 6.06. The standard InChI is InChI=1S/C20H20N2O3S/c1-16(17-7-6-14-21-15-17)22(18-8-4-3-5-9-18)26(23,24)20-12-10-19(25-2)11-13-20/h3-16H,1-2H3. The van der Waals surface area contributed by atoms with Crippen LogP contribution >= 0.6 is 0 Å². The van der Waals surface area contributed by atoms with E-state index < -0.39 is 16.1 Å². The topological polar surface area (TPSA) is 59.5 Å². The van der Waals surface area contributed by atoms with Gasteiger partial charge in [-0.05, 0) is 55.0 Å². The first-order valence-corrected chi connectivity index (χ1v) is 9.61. The highest BCUT2D eigenvalue weighted by molar-refractivity contribution is 7.92. The van der Waals surface area contributed by atoms with E-state index in [4.69, 9.17) is 4.74 Å².